The molecule has 0 amide bonds. The third kappa shape index (κ3) is 5.75. The Morgan fingerprint density at radius 3 is 2.13 bits per heavy atom. The molecule has 160 valence electrons. The number of hydrogen-bond donors (Lipinski definition) is 1. The van der Waals surface area contributed by atoms with Gasteiger partial charge in [0.1, 0.15) is 0 Å². The first-order valence-corrected chi connectivity index (χ1v) is 11.9. The standard InChI is InChI=1S/C26H28N2O2S/c1-4-28(5-2)26(20-17-22-11-7-6-8-12-22)24-13-9-10-14-25(24)27-31(29,30)23-18-15-21(3)16-19-23/h6-16,18-19,26-27H,4-5H2,1-3H3. The lowest BCUT2D eigenvalue weighted by molar-refractivity contribution is 0.265. The van der Waals surface area contributed by atoms with Crippen molar-refractivity contribution in [1.29, 1.82) is 0 Å². The lowest BCUT2D eigenvalue weighted by Crippen LogP contribution is -2.28. The molecule has 0 bridgehead atoms. The first-order valence-electron chi connectivity index (χ1n) is 10.4. The molecular formula is C26H28N2O2S. The van der Waals surface area contributed by atoms with Gasteiger partial charge in [-0.05, 0) is 50.3 Å². The van der Waals surface area contributed by atoms with Gasteiger partial charge >= 0.3 is 0 Å². The van der Waals surface area contributed by atoms with Gasteiger partial charge in [0.25, 0.3) is 10.0 Å². The van der Waals surface area contributed by atoms with Gasteiger partial charge in [-0.25, -0.2) is 8.42 Å². The third-order valence-electron chi connectivity index (χ3n) is 5.14. The summed E-state index contributed by atoms with van der Waals surface area (Å²) in [5.74, 6) is 6.62. The van der Waals surface area contributed by atoms with Crippen molar-refractivity contribution in [2.75, 3.05) is 17.8 Å². The fourth-order valence-electron chi connectivity index (χ4n) is 3.38. The van der Waals surface area contributed by atoms with Crippen LogP contribution in [0.3, 0.4) is 0 Å². The zero-order valence-corrected chi connectivity index (χ0v) is 19.0. The molecule has 1 atom stereocenters. The summed E-state index contributed by atoms with van der Waals surface area (Å²) in [6, 6.07) is 23.9. The molecule has 0 aliphatic rings. The van der Waals surface area contributed by atoms with Gasteiger partial charge in [0.2, 0.25) is 0 Å². The second kappa shape index (κ2) is 10.3. The Bertz CT molecular complexity index is 1160. The lowest BCUT2D eigenvalue weighted by atomic mass is 10.0. The smallest absolute Gasteiger partial charge is 0.261 e. The summed E-state index contributed by atoms with van der Waals surface area (Å²) in [5, 5.41) is 0. The van der Waals surface area contributed by atoms with E-state index in [9.17, 15) is 8.42 Å². The Hall–Kier alpha value is -3.07. The maximum atomic E-state index is 13.0. The first kappa shape index (κ1) is 22.6. The Morgan fingerprint density at radius 2 is 1.48 bits per heavy atom. The van der Waals surface area contributed by atoms with E-state index in [1.165, 1.54) is 0 Å². The molecule has 0 spiro atoms. The van der Waals surface area contributed by atoms with Gasteiger partial charge in [-0.2, -0.15) is 0 Å². The number of nitrogens with zero attached hydrogens (tertiary/aromatic N) is 1. The number of aryl methyl sites for hydroxylation is 1. The van der Waals surface area contributed by atoms with E-state index in [2.05, 4.69) is 35.3 Å². The molecule has 1 unspecified atom stereocenters. The van der Waals surface area contributed by atoms with Crippen LogP contribution in [0.2, 0.25) is 0 Å². The Morgan fingerprint density at radius 1 is 0.871 bits per heavy atom. The summed E-state index contributed by atoms with van der Waals surface area (Å²) >= 11 is 0. The number of hydrogen-bond acceptors (Lipinski definition) is 3. The maximum Gasteiger partial charge on any atom is 0.261 e. The number of rotatable bonds is 7. The van der Waals surface area contributed by atoms with Crippen LogP contribution in [-0.2, 0) is 10.0 Å². The number of benzene rings is 3. The molecule has 0 aliphatic heterocycles. The molecule has 3 rings (SSSR count). The lowest BCUT2D eigenvalue weighted by Gasteiger charge is -2.27. The van der Waals surface area contributed by atoms with Crippen molar-refractivity contribution in [3.8, 4) is 11.8 Å². The van der Waals surface area contributed by atoms with E-state index >= 15 is 0 Å². The zero-order valence-electron chi connectivity index (χ0n) is 18.2. The molecule has 0 aliphatic carbocycles. The summed E-state index contributed by atoms with van der Waals surface area (Å²) in [6.45, 7) is 7.69. The quantitative estimate of drug-likeness (QED) is 0.520. The topological polar surface area (TPSA) is 49.4 Å². The van der Waals surface area contributed by atoms with Crippen LogP contribution in [-0.4, -0.2) is 26.4 Å². The van der Waals surface area contributed by atoms with Crippen molar-refractivity contribution in [1.82, 2.24) is 4.90 Å². The molecule has 0 heterocycles. The van der Waals surface area contributed by atoms with Gasteiger partial charge in [0, 0.05) is 11.1 Å². The zero-order chi connectivity index (χ0) is 22.3. The van der Waals surface area contributed by atoms with E-state index < -0.39 is 10.0 Å². The van der Waals surface area contributed by atoms with Gasteiger partial charge in [0.15, 0.2) is 0 Å². The predicted octanol–water partition coefficient (Wildman–Crippen LogP) is 5.23. The van der Waals surface area contributed by atoms with Crippen LogP contribution >= 0.6 is 0 Å². The molecular weight excluding hydrogens is 404 g/mol. The van der Waals surface area contributed by atoms with Gasteiger partial charge in [-0.15, -0.1) is 0 Å². The normalized spacial score (nSPS) is 12.1. The minimum Gasteiger partial charge on any atom is -0.287 e. The summed E-state index contributed by atoms with van der Waals surface area (Å²) in [7, 11) is -3.71. The van der Waals surface area contributed by atoms with E-state index in [1.54, 1.807) is 30.3 Å². The van der Waals surface area contributed by atoms with Crippen LogP contribution in [0.25, 0.3) is 0 Å². The second-order valence-electron chi connectivity index (χ2n) is 7.26. The number of sulfonamides is 1. The van der Waals surface area contributed by atoms with Crippen LogP contribution in [0.1, 0.15) is 36.6 Å². The molecule has 0 fully saturated rings. The Balaban J connectivity index is 2.01. The molecule has 1 N–H and O–H groups in total. The molecule has 3 aromatic carbocycles. The third-order valence-corrected chi connectivity index (χ3v) is 6.52. The highest BCUT2D eigenvalue weighted by Gasteiger charge is 2.22. The van der Waals surface area contributed by atoms with Gasteiger partial charge in [0.05, 0.1) is 16.6 Å². The average Bonchev–Trinajstić information content (AvgIpc) is 2.78. The first-order chi connectivity index (χ1) is 14.9. The highest BCUT2D eigenvalue weighted by Crippen LogP contribution is 2.29. The van der Waals surface area contributed by atoms with Gasteiger partial charge in [-0.3, -0.25) is 9.62 Å². The summed E-state index contributed by atoms with van der Waals surface area (Å²) in [5.41, 5.74) is 3.32. The van der Waals surface area contributed by atoms with Gasteiger partial charge in [-0.1, -0.05) is 79.8 Å². The van der Waals surface area contributed by atoms with E-state index in [4.69, 9.17) is 0 Å². The molecule has 0 radical (unpaired) electrons. The number of anilines is 1. The molecule has 31 heavy (non-hydrogen) atoms. The van der Waals surface area contributed by atoms with Crippen molar-refractivity contribution in [3.63, 3.8) is 0 Å². The van der Waals surface area contributed by atoms with Crippen LogP contribution in [0.15, 0.2) is 83.8 Å². The van der Waals surface area contributed by atoms with Crippen molar-refractivity contribution in [2.45, 2.75) is 31.7 Å². The van der Waals surface area contributed by atoms with E-state index in [0.717, 1.165) is 29.8 Å². The van der Waals surface area contributed by atoms with E-state index in [1.807, 2.05) is 55.5 Å². The number of nitrogens with one attached hydrogen (secondary N) is 1. The van der Waals surface area contributed by atoms with E-state index in [-0.39, 0.29) is 10.9 Å². The SMILES string of the molecule is CCN(CC)C(C#Cc1ccccc1)c1ccccc1NS(=O)(=O)c1ccc(C)cc1. The molecule has 4 nitrogen and oxygen atoms in total. The van der Waals surface area contributed by atoms with E-state index in [0.29, 0.717) is 5.69 Å². The monoisotopic (exact) mass is 432 g/mol. The Labute approximate surface area is 186 Å². The van der Waals surface area contributed by atoms with Crippen LogP contribution < -0.4 is 4.72 Å². The predicted molar refractivity (Wildman–Crippen MR) is 127 cm³/mol. The molecule has 3 aromatic rings. The van der Waals surface area contributed by atoms with Crippen molar-refractivity contribution >= 4 is 15.7 Å². The Kier molecular flexibility index (Phi) is 7.51. The fourth-order valence-corrected chi connectivity index (χ4v) is 4.46. The summed E-state index contributed by atoms with van der Waals surface area (Å²) < 4.78 is 28.8. The molecule has 0 saturated carbocycles. The van der Waals surface area contributed by atoms with Crippen LogP contribution in [0.4, 0.5) is 5.69 Å². The minimum atomic E-state index is -3.71. The van der Waals surface area contributed by atoms with Crippen molar-refractivity contribution in [3.05, 3.63) is 95.6 Å². The second-order valence-corrected chi connectivity index (χ2v) is 8.95. The van der Waals surface area contributed by atoms with Crippen LogP contribution in [0, 0.1) is 18.8 Å². The fraction of sp³-hybridized carbons (Fsp3) is 0.231. The average molecular weight is 433 g/mol. The highest BCUT2D eigenvalue weighted by molar-refractivity contribution is 7.92. The van der Waals surface area contributed by atoms with Crippen molar-refractivity contribution < 1.29 is 8.42 Å². The summed E-state index contributed by atoms with van der Waals surface area (Å²) in [4.78, 5) is 2.46. The van der Waals surface area contributed by atoms with Gasteiger partial charge < -0.3 is 0 Å². The summed E-state index contributed by atoms with van der Waals surface area (Å²) in [6.07, 6.45) is 0. The molecule has 0 saturated heterocycles. The van der Waals surface area contributed by atoms with Crippen LogP contribution in [0.5, 0.6) is 0 Å². The maximum absolute atomic E-state index is 13.0. The minimum absolute atomic E-state index is 0.239. The largest absolute Gasteiger partial charge is 0.287 e. The highest BCUT2D eigenvalue weighted by atomic mass is 32.2. The van der Waals surface area contributed by atoms with Crippen molar-refractivity contribution in [2.24, 2.45) is 0 Å². The molecule has 0 aromatic heterocycles. The number of para-hydroxylation sites is 1. The molecule has 5 heteroatoms.